The predicted molar refractivity (Wildman–Crippen MR) is 87.0 cm³/mol. The van der Waals surface area contributed by atoms with Crippen molar-refractivity contribution in [1.82, 2.24) is 5.32 Å². The van der Waals surface area contributed by atoms with Gasteiger partial charge in [-0.05, 0) is 19.9 Å². The highest BCUT2D eigenvalue weighted by atomic mass is 35.5. The summed E-state index contributed by atoms with van der Waals surface area (Å²) in [6.07, 6.45) is 0. The Morgan fingerprint density at radius 1 is 1.44 bits per heavy atom. The molecule has 1 heterocycles. The van der Waals surface area contributed by atoms with Gasteiger partial charge in [-0.15, -0.1) is 0 Å². The summed E-state index contributed by atoms with van der Waals surface area (Å²) in [6, 6.07) is 4.43. The first kappa shape index (κ1) is 18.9. The molecule has 1 amide bonds. The number of carbonyl (C=O) groups is 3. The second-order valence-electron chi connectivity index (χ2n) is 5.33. The SMILES string of the molecule is CCOC(=O)C1=C(C)C(=O)C(C(=O)NCc2cccc(Cl)c2F)CO1. The fourth-order valence-electron chi connectivity index (χ4n) is 2.32. The number of nitrogens with one attached hydrogen (secondary N) is 1. The van der Waals surface area contributed by atoms with Crippen LogP contribution in [0.5, 0.6) is 0 Å². The van der Waals surface area contributed by atoms with Crippen LogP contribution in [-0.4, -0.2) is 30.9 Å². The summed E-state index contributed by atoms with van der Waals surface area (Å²) in [5.74, 6) is -3.81. The second kappa shape index (κ2) is 8.11. The molecule has 0 fully saturated rings. The smallest absolute Gasteiger partial charge is 0.374 e. The number of Topliss-reactive ketones (excluding diaryl/α,β-unsaturated/α-hetero) is 1. The predicted octanol–water partition coefficient (Wildman–Crippen LogP) is 2.15. The molecule has 134 valence electrons. The number of rotatable bonds is 5. The van der Waals surface area contributed by atoms with Crippen molar-refractivity contribution in [2.75, 3.05) is 13.2 Å². The molecular weight excluding hydrogens is 353 g/mol. The van der Waals surface area contributed by atoms with Crippen LogP contribution in [-0.2, 0) is 30.4 Å². The van der Waals surface area contributed by atoms with Crippen molar-refractivity contribution in [3.8, 4) is 0 Å². The van der Waals surface area contributed by atoms with E-state index < -0.39 is 29.4 Å². The van der Waals surface area contributed by atoms with E-state index in [0.717, 1.165) is 0 Å². The maximum atomic E-state index is 13.8. The zero-order chi connectivity index (χ0) is 18.6. The van der Waals surface area contributed by atoms with Crippen LogP contribution in [0, 0.1) is 11.7 Å². The molecule has 0 bridgehead atoms. The Morgan fingerprint density at radius 3 is 2.84 bits per heavy atom. The molecule has 1 aromatic carbocycles. The number of hydrogen-bond donors (Lipinski definition) is 1. The molecule has 1 N–H and O–H groups in total. The van der Waals surface area contributed by atoms with Gasteiger partial charge in [-0.25, -0.2) is 9.18 Å². The lowest BCUT2D eigenvalue weighted by Crippen LogP contribution is -2.41. The monoisotopic (exact) mass is 369 g/mol. The van der Waals surface area contributed by atoms with Gasteiger partial charge in [-0.2, -0.15) is 0 Å². The molecule has 0 radical (unpaired) electrons. The fraction of sp³-hybridized carbons (Fsp3) is 0.353. The lowest BCUT2D eigenvalue weighted by atomic mass is 9.95. The third kappa shape index (κ3) is 4.17. The fourth-order valence-corrected chi connectivity index (χ4v) is 2.51. The number of halogens is 2. The molecule has 0 aromatic heterocycles. The topological polar surface area (TPSA) is 81.7 Å². The number of amides is 1. The van der Waals surface area contributed by atoms with Gasteiger partial charge >= 0.3 is 5.97 Å². The molecule has 1 aromatic rings. The molecule has 0 aliphatic carbocycles. The molecule has 2 rings (SSSR count). The van der Waals surface area contributed by atoms with Gasteiger partial charge in [0.25, 0.3) is 0 Å². The van der Waals surface area contributed by atoms with Crippen LogP contribution in [0.2, 0.25) is 5.02 Å². The van der Waals surface area contributed by atoms with E-state index in [4.69, 9.17) is 21.1 Å². The van der Waals surface area contributed by atoms with E-state index in [2.05, 4.69) is 5.32 Å². The molecule has 25 heavy (non-hydrogen) atoms. The molecule has 6 nitrogen and oxygen atoms in total. The lowest BCUT2D eigenvalue weighted by Gasteiger charge is -2.23. The van der Waals surface area contributed by atoms with Gasteiger partial charge in [0.2, 0.25) is 11.7 Å². The van der Waals surface area contributed by atoms with Crippen LogP contribution in [0.4, 0.5) is 4.39 Å². The van der Waals surface area contributed by atoms with Gasteiger partial charge in [0.15, 0.2) is 5.78 Å². The third-order valence-corrected chi connectivity index (χ3v) is 3.97. The van der Waals surface area contributed by atoms with Crippen molar-refractivity contribution in [2.24, 2.45) is 5.92 Å². The molecule has 1 aliphatic rings. The number of allylic oxidation sites excluding steroid dienone is 1. The van der Waals surface area contributed by atoms with Gasteiger partial charge in [0, 0.05) is 17.7 Å². The highest BCUT2D eigenvalue weighted by Gasteiger charge is 2.36. The zero-order valence-corrected chi connectivity index (χ0v) is 14.5. The van der Waals surface area contributed by atoms with E-state index in [1.54, 1.807) is 13.0 Å². The second-order valence-corrected chi connectivity index (χ2v) is 5.74. The summed E-state index contributed by atoms with van der Waals surface area (Å²) >= 11 is 5.68. The number of ketones is 1. The minimum absolute atomic E-state index is 0.0267. The molecule has 0 saturated heterocycles. The number of benzene rings is 1. The number of hydrogen-bond acceptors (Lipinski definition) is 5. The Bertz CT molecular complexity index is 747. The number of ether oxygens (including phenoxy) is 2. The largest absolute Gasteiger partial charge is 0.485 e. The first-order valence-electron chi connectivity index (χ1n) is 7.62. The van der Waals surface area contributed by atoms with Crippen LogP contribution in [0.15, 0.2) is 29.5 Å². The van der Waals surface area contributed by atoms with Crippen LogP contribution in [0.25, 0.3) is 0 Å². The summed E-state index contributed by atoms with van der Waals surface area (Å²) < 4.78 is 23.8. The van der Waals surface area contributed by atoms with Gasteiger partial charge in [0.1, 0.15) is 18.3 Å². The molecule has 1 atom stereocenters. The Balaban J connectivity index is 2.05. The first-order chi connectivity index (χ1) is 11.9. The average Bonchev–Trinajstić information content (AvgIpc) is 2.58. The average molecular weight is 370 g/mol. The Morgan fingerprint density at radius 2 is 2.16 bits per heavy atom. The Hall–Kier alpha value is -2.41. The molecular formula is C17H17ClFNO5. The third-order valence-electron chi connectivity index (χ3n) is 3.68. The Labute approximate surface area is 148 Å². The normalized spacial score (nSPS) is 17.1. The molecule has 0 spiro atoms. The van der Waals surface area contributed by atoms with Crippen LogP contribution >= 0.6 is 11.6 Å². The maximum absolute atomic E-state index is 13.8. The summed E-state index contributed by atoms with van der Waals surface area (Å²) in [5.41, 5.74) is 0.225. The highest BCUT2D eigenvalue weighted by molar-refractivity contribution is 6.30. The Kier molecular flexibility index (Phi) is 6.14. The minimum Gasteiger partial charge on any atom is -0.485 e. The highest BCUT2D eigenvalue weighted by Crippen LogP contribution is 2.22. The molecule has 1 aliphatic heterocycles. The van der Waals surface area contributed by atoms with Crippen LogP contribution in [0.3, 0.4) is 0 Å². The minimum atomic E-state index is -1.11. The maximum Gasteiger partial charge on any atom is 0.374 e. The molecule has 8 heteroatoms. The summed E-state index contributed by atoms with van der Waals surface area (Å²) in [7, 11) is 0. The van der Waals surface area contributed by atoms with Gasteiger partial charge < -0.3 is 14.8 Å². The van der Waals surface area contributed by atoms with E-state index in [1.165, 1.54) is 19.1 Å². The van der Waals surface area contributed by atoms with Crippen molar-refractivity contribution in [3.63, 3.8) is 0 Å². The van der Waals surface area contributed by atoms with Crippen molar-refractivity contribution < 1.29 is 28.2 Å². The first-order valence-corrected chi connectivity index (χ1v) is 8.00. The lowest BCUT2D eigenvalue weighted by molar-refractivity contribution is -0.147. The van der Waals surface area contributed by atoms with E-state index in [9.17, 15) is 18.8 Å². The van der Waals surface area contributed by atoms with Gasteiger partial charge in [0.05, 0.1) is 11.6 Å². The zero-order valence-electron chi connectivity index (χ0n) is 13.7. The number of carbonyl (C=O) groups excluding carboxylic acids is 3. The van der Waals surface area contributed by atoms with Crippen LogP contribution < -0.4 is 5.32 Å². The van der Waals surface area contributed by atoms with Crippen molar-refractivity contribution in [3.05, 3.63) is 45.9 Å². The molecule has 1 unspecified atom stereocenters. The van der Waals surface area contributed by atoms with Crippen LogP contribution in [0.1, 0.15) is 19.4 Å². The summed E-state index contributed by atoms with van der Waals surface area (Å²) in [4.78, 5) is 36.2. The van der Waals surface area contributed by atoms with Crippen molar-refractivity contribution in [1.29, 1.82) is 0 Å². The molecule has 0 saturated carbocycles. The quantitative estimate of drug-likeness (QED) is 0.635. The van der Waals surface area contributed by atoms with Crippen molar-refractivity contribution >= 4 is 29.3 Å². The van der Waals surface area contributed by atoms with E-state index >= 15 is 0 Å². The van der Waals surface area contributed by atoms with E-state index in [1.807, 2.05) is 0 Å². The summed E-state index contributed by atoms with van der Waals surface area (Å²) in [6.45, 7) is 2.76. The number of esters is 1. The van der Waals surface area contributed by atoms with E-state index in [-0.39, 0.29) is 41.7 Å². The van der Waals surface area contributed by atoms with Crippen molar-refractivity contribution in [2.45, 2.75) is 20.4 Å². The van der Waals surface area contributed by atoms with E-state index in [0.29, 0.717) is 0 Å². The van der Waals surface area contributed by atoms with Gasteiger partial charge in [-0.3, -0.25) is 9.59 Å². The standard InChI is InChI=1S/C17H17ClFNO5/c1-3-24-17(23)15-9(2)14(21)11(8-25-15)16(22)20-7-10-5-4-6-12(18)13(10)19/h4-6,11H,3,7-8H2,1-2H3,(H,20,22). The summed E-state index contributed by atoms with van der Waals surface area (Å²) in [5, 5.41) is 2.43. The van der Waals surface area contributed by atoms with Gasteiger partial charge in [-0.1, -0.05) is 23.7 Å².